The Hall–Kier alpha value is -3.22. The molecule has 0 radical (unpaired) electrons. The molecule has 4 aromatic carbocycles. The van der Waals surface area contributed by atoms with Crippen molar-refractivity contribution in [3.8, 4) is 0 Å². The molecule has 0 atom stereocenters. The summed E-state index contributed by atoms with van der Waals surface area (Å²) in [6.45, 7) is 0.972. The summed E-state index contributed by atoms with van der Waals surface area (Å²) in [7, 11) is -1.91. The molecule has 0 heterocycles. The lowest BCUT2D eigenvalue weighted by Crippen LogP contribution is -2.38. The highest BCUT2D eigenvalue weighted by atomic mass is 31.2. The Bertz CT molecular complexity index is 850. The first-order valence-electron chi connectivity index (χ1n) is 9.45. The average molecular weight is 398 g/mol. The van der Waals surface area contributed by atoms with Gasteiger partial charge in [-0.1, -0.05) is 72.8 Å². The van der Waals surface area contributed by atoms with Crippen molar-refractivity contribution < 1.29 is 9.90 Å². The molecule has 0 fully saturated rings. The Morgan fingerprint density at radius 3 is 0.862 bits per heavy atom. The summed E-state index contributed by atoms with van der Waals surface area (Å²) in [5, 5.41) is 14.4. The van der Waals surface area contributed by atoms with Crippen LogP contribution in [0.25, 0.3) is 0 Å². The predicted octanol–water partition coefficient (Wildman–Crippen LogP) is 3.06. The molecule has 0 saturated carbocycles. The Morgan fingerprint density at radius 2 is 0.690 bits per heavy atom. The molecule has 0 saturated heterocycles. The fourth-order valence-electron chi connectivity index (χ4n) is 3.50. The zero-order valence-electron chi connectivity index (χ0n) is 16.3. The van der Waals surface area contributed by atoms with Gasteiger partial charge < -0.3 is 9.90 Å². The van der Waals surface area contributed by atoms with Crippen molar-refractivity contribution >= 4 is 34.4 Å². The smallest absolute Gasteiger partial charge is 0.144 e. The van der Waals surface area contributed by atoms with Gasteiger partial charge in [0.05, 0.1) is 0 Å². The van der Waals surface area contributed by atoms with Gasteiger partial charge in [-0.3, -0.25) is 0 Å². The predicted molar refractivity (Wildman–Crippen MR) is 122 cm³/mol. The molecule has 0 aliphatic rings. The highest BCUT2D eigenvalue weighted by Crippen LogP contribution is 2.53. The molecule has 4 aromatic rings. The molecule has 0 aliphatic heterocycles. The van der Waals surface area contributed by atoms with Crippen LogP contribution in [0.3, 0.4) is 0 Å². The van der Waals surface area contributed by atoms with Crippen LogP contribution in [0.5, 0.6) is 0 Å². The van der Waals surface area contributed by atoms with Gasteiger partial charge in [-0.2, -0.15) is 0 Å². The molecule has 0 aliphatic carbocycles. The van der Waals surface area contributed by atoms with E-state index in [1.807, 2.05) is 0 Å². The van der Waals surface area contributed by atoms with Crippen LogP contribution < -0.4 is 26.3 Å². The number of hydrogen-bond donors (Lipinski definition) is 0. The van der Waals surface area contributed by atoms with E-state index in [1.165, 1.54) is 21.2 Å². The summed E-state index contributed by atoms with van der Waals surface area (Å²) in [6.07, 6.45) is 0. The number of carboxylic acids is 1. The van der Waals surface area contributed by atoms with Gasteiger partial charge in [0, 0.05) is 5.97 Å². The van der Waals surface area contributed by atoms with Gasteiger partial charge in [0.2, 0.25) is 0 Å². The minimum Gasteiger partial charge on any atom is -0.550 e. The summed E-state index contributed by atoms with van der Waals surface area (Å²) in [5.41, 5.74) is 0. The van der Waals surface area contributed by atoms with Crippen molar-refractivity contribution in [2.45, 2.75) is 6.92 Å². The molecule has 3 heteroatoms. The molecule has 0 unspecified atom stereocenters. The summed E-state index contributed by atoms with van der Waals surface area (Å²) in [6, 6.07) is 43.8. The molecule has 144 valence electrons. The minimum absolute atomic E-state index is 0.972. The van der Waals surface area contributed by atoms with Crippen molar-refractivity contribution in [3.05, 3.63) is 121 Å². The lowest BCUT2D eigenvalue weighted by atomic mass is 10.3. The van der Waals surface area contributed by atoms with E-state index in [0.29, 0.717) is 0 Å². The van der Waals surface area contributed by atoms with Crippen LogP contribution in [0.1, 0.15) is 6.92 Å². The molecule has 0 spiro atoms. The highest BCUT2D eigenvalue weighted by molar-refractivity contribution is 8.01. The molecule has 2 nitrogen and oxygen atoms in total. The third kappa shape index (κ3) is 4.62. The van der Waals surface area contributed by atoms with Gasteiger partial charge in [0.1, 0.15) is 28.5 Å². The first-order chi connectivity index (χ1) is 14.2. The van der Waals surface area contributed by atoms with Crippen molar-refractivity contribution in [1.29, 1.82) is 0 Å². The third-order valence-corrected chi connectivity index (χ3v) is 8.86. The Kier molecular flexibility index (Phi) is 6.94. The van der Waals surface area contributed by atoms with E-state index in [4.69, 9.17) is 9.90 Å². The van der Waals surface area contributed by atoms with Gasteiger partial charge in [0.25, 0.3) is 0 Å². The number of aliphatic carboxylic acids is 1. The SMILES string of the molecule is CC(=O)[O-].c1ccc([P+](c2ccccc2)(c2ccccc2)c2ccccc2)cc1. The van der Waals surface area contributed by atoms with Crippen LogP contribution in [0.4, 0.5) is 0 Å². The maximum atomic E-state index is 8.89. The second-order valence-electron chi connectivity index (χ2n) is 6.50. The van der Waals surface area contributed by atoms with Crippen LogP contribution in [0.2, 0.25) is 0 Å². The topological polar surface area (TPSA) is 40.1 Å². The van der Waals surface area contributed by atoms with Crippen molar-refractivity contribution in [2.75, 3.05) is 0 Å². The number of benzene rings is 4. The molecule has 0 aromatic heterocycles. The number of hydrogen-bond acceptors (Lipinski definition) is 2. The number of carbonyl (C=O) groups is 1. The van der Waals surface area contributed by atoms with E-state index in [0.717, 1.165) is 6.92 Å². The van der Waals surface area contributed by atoms with Gasteiger partial charge >= 0.3 is 0 Å². The molecular formula is C26H23O2P. The maximum absolute atomic E-state index is 8.89. The molecule has 0 N–H and O–H groups in total. The van der Waals surface area contributed by atoms with Gasteiger partial charge in [0.15, 0.2) is 0 Å². The molecular weight excluding hydrogens is 375 g/mol. The minimum atomic E-state index is -1.91. The van der Waals surface area contributed by atoms with E-state index >= 15 is 0 Å². The van der Waals surface area contributed by atoms with Crippen molar-refractivity contribution in [2.24, 2.45) is 0 Å². The zero-order chi connectivity index (χ0) is 20.5. The largest absolute Gasteiger partial charge is 0.550 e. The standard InChI is InChI=1S/C24H20P.C2H4O2/c1-5-13-21(14-6-1)25(22-15-7-2-8-16-22,23-17-9-3-10-18-23)24-19-11-4-12-20-24;1-2(3)4/h1-20H;1H3,(H,3,4)/q+1;/p-1. The van der Waals surface area contributed by atoms with Gasteiger partial charge in [-0.25, -0.2) is 0 Å². The van der Waals surface area contributed by atoms with E-state index in [9.17, 15) is 0 Å². The second-order valence-corrected chi connectivity index (χ2v) is 9.91. The first-order valence-corrected chi connectivity index (χ1v) is 11.2. The Morgan fingerprint density at radius 1 is 0.517 bits per heavy atom. The number of carbonyl (C=O) groups excluding carboxylic acids is 1. The summed E-state index contributed by atoms with van der Waals surface area (Å²) in [4.78, 5) is 8.89. The van der Waals surface area contributed by atoms with Crippen LogP contribution in [-0.4, -0.2) is 5.97 Å². The monoisotopic (exact) mass is 398 g/mol. The van der Waals surface area contributed by atoms with E-state index in [1.54, 1.807) is 0 Å². The first kappa shape index (κ1) is 20.5. The quantitative estimate of drug-likeness (QED) is 0.496. The lowest BCUT2D eigenvalue weighted by molar-refractivity contribution is -0.302. The average Bonchev–Trinajstić information content (AvgIpc) is 2.77. The maximum Gasteiger partial charge on any atom is 0.144 e. The fourth-order valence-corrected chi connectivity index (χ4v) is 7.77. The normalized spacial score (nSPS) is 10.5. The van der Waals surface area contributed by atoms with E-state index in [-0.39, 0.29) is 0 Å². The molecule has 0 bridgehead atoms. The van der Waals surface area contributed by atoms with Crippen molar-refractivity contribution in [1.82, 2.24) is 0 Å². The summed E-state index contributed by atoms with van der Waals surface area (Å²) >= 11 is 0. The van der Waals surface area contributed by atoms with Crippen molar-refractivity contribution in [3.63, 3.8) is 0 Å². The van der Waals surface area contributed by atoms with Gasteiger partial charge in [-0.15, -0.1) is 0 Å². The molecule has 4 rings (SSSR count). The highest BCUT2D eigenvalue weighted by Gasteiger charge is 2.47. The molecule has 29 heavy (non-hydrogen) atoms. The van der Waals surface area contributed by atoms with Crippen LogP contribution >= 0.6 is 7.26 Å². The number of carboxylic acid groups (broad SMARTS) is 1. The lowest BCUT2D eigenvalue weighted by Gasteiger charge is -2.27. The Balaban J connectivity index is 0.000000552. The van der Waals surface area contributed by atoms with E-state index in [2.05, 4.69) is 121 Å². The molecule has 0 amide bonds. The fraction of sp³-hybridized carbons (Fsp3) is 0.0385. The second kappa shape index (κ2) is 9.82. The number of rotatable bonds is 4. The van der Waals surface area contributed by atoms with Crippen LogP contribution in [-0.2, 0) is 4.79 Å². The van der Waals surface area contributed by atoms with Crippen LogP contribution in [0, 0.1) is 0 Å². The summed E-state index contributed by atoms with van der Waals surface area (Å²) < 4.78 is 0. The van der Waals surface area contributed by atoms with E-state index < -0.39 is 13.2 Å². The zero-order valence-corrected chi connectivity index (χ0v) is 17.2. The summed E-state index contributed by atoms with van der Waals surface area (Å²) in [5.74, 6) is -1.08. The Labute approximate surface area is 172 Å². The third-order valence-electron chi connectivity index (χ3n) is 4.57. The van der Waals surface area contributed by atoms with Crippen LogP contribution in [0.15, 0.2) is 121 Å². The van der Waals surface area contributed by atoms with Gasteiger partial charge in [-0.05, 0) is 55.5 Å².